The number of carbonyl (C=O) groups is 1. The fraction of sp³-hybridized carbons (Fsp3) is 0.375. The molecular formula is C16H15FN2OS2. The molecule has 1 aromatic carbocycles. The Kier molecular flexibility index (Phi) is 3.66. The highest BCUT2D eigenvalue weighted by molar-refractivity contribution is 7.99. The van der Waals surface area contributed by atoms with Crippen molar-refractivity contribution in [3.63, 3.8) is 0 Å². The summed E-state index contributed by atoms with van der Waals surface area (Å²) in [6.07, 6.45) is 3.25. The summed E-state index contributed by atoms with van der Waals surface area (Å²) in [6.45, 7) is 0.610. The minimum atomic E-state index is -0.309. The summed E-state index contributed by atoms with van der Waals surface area (Å²) in [4.78, 5) is 20.0. The van der Waals surface area contributed by atoms with Gasteiger partial charge in [-0.25, -0.2) is 9.37 Å². The number of thiazole rings is 1. The van der Waals surface area contributed by atoms with Crippen molar-refractivity contribution in [2.24, 2.45) is 0 Å². The lowest BCUT2D eigenvalue weighted by molar-refractivity contribution is 0.0982. The first kappa shape index (κ1) is 14.2. The van der Waals surface area contributed by atoms with Crippen LogP contribution in [-0.2, 0) is 0 Å². The number of rotatable bonds is 2. The fourth-order valence-corrected chi connectivity index (χ4v) is 4.54. The largest absolute Gasteiger partial charge is 0.306 e. The quantitative estimate of drug-likeness (QED) is 0.821. The fourth-order valence-electron chi connectivity index (χ4n) is 2.60. The number of thioether (sulfide) groups is 1. The molecule has 6 heteroatoms. The van der Waals surface area contributed by atoms with Gasteiger partial charge in [-0.1, -0.05) is 0 Å². The van der Waals surface area contributed by atoms with E-state index in [1.54, 1.807) is 34.1 Å². The van der Waals surface area contributed by atoms with E-state index in [1.165, 1.54) is 25.0 Å². The van der Waals surface area contributed by atoms with Crippen molar-refractivity contribution in [1.29, 1.82) is 0 Å². The molecular weight excluding hydrogens is 319 g/mol. The Labute approximate surface area is 136 Å². The van der Waals surface area contributed by atoms with Crippen molar-refractivity contribution >= 4 is 34.7 Å². The van der Waals surface area contributed by atoms with Crippen molar-refractivity contribution in [1.82, 2.24) is 4.98 Å². The second-order valence-corrected chi connectivity index (χ2v) is 7.64. The van der Waals surface area contributed by atoms with Gasteiger partial charge in [0.25, 0.3) is 5.91 Å². The van der Waals surface area contributed by atoms with Gasteiger partial charge in [0, 0.05) is 22.7 Å². The van der Waals surface area contributed by atoms with Gasteiger partial charge in [-0.2, -0.15) is 0 Å². The zero-order valence-electron chi connectivity index (χ0n) is 11.9. The third-order valence-corrected chi connectivity index (χ3v) is 6.06. The highest BCUT2D eigenvalue weighted by Crippen LogP contribution is 2.42. The topological polar surface area (TPSA) is 33.2 Å². The smallest absolute Gasteiger partial charge is 0.277 e. The van der Waals surface area contributed by atoms with Crippen molar-refractivity contribution in [3.8, 4) is 0 Å². The Morgan fingerprint density at radius 3 is 3.05 bits per heavy atom. The number of halogens is 1. The summed E-state index contributed by atoms with van der Waals surface area (Å²) in [6, 6.07) is 4.67. The Hall–Kier alpha value is -1.40. The Balaban J connectivity index is 1.68. The number of nitrogens with zero attached hydrogens (tertiary/aromatic N) is 2. The summed E-state index contributed by atoms with van der Waals surface area (Å²) < 4.78 is 13.6. The van der Waals surface area contributed by atoms with Crippen molar-refractivity contribution in [2.45, 2.75) is 30.1 Å². The zero-order valence-corrected chi connectivity index (χ0v) is 13.6. The van der Waals surface area contributed by atoms with E-state index in [-0.39, 0.29) is 11.7 Å². The number of hydrogen-bond donors (Lipinski definition) is 0. The third kappa shape index (κ3) is 2.65. The first-order valence-corrected chi connectivity index (χ1v) is 9.28. The monoisotopic (exact) mass is 334 g/mol. The first-order chi connectivity index (χ1) is 10.7. The van der Waals surface area contributed by atoms with Gasteiger partial charge in [0.15, 0.2) is 0 Å². The van der Waals surface area contributed by atoms with E-state index in [0.717, 1.165) is 22.1 Å². The highest BCUT2D eigenvalue weighted by atomic mass is 32.2. The normalized spacial score (nSPS) is 18.0. The predicted molar refractivity (Wildman–Crippen MR) is 87.5 cm³/mol. The molecule has 2 aromatic rings. The SMILES string of the molecule is O=C(c1csc(C2CC2)n1)N1CCCSc2ccc(F)cc21. The predicted octanol–water partition coefficient (Wildman–Crippen LogP) is 4.30. The van der Waals surface area contributed by atoms with Gasteiger partial charge in [0.1, 0.15) is 11.5 Å². The number of amides is 1. The van der Waals surface area contributed by atoms with Gasteiger partial charge in [0.2, 0.25) is 0 Å². The lowest BCUT2D eigenvalue weighted by Crippen LogP contribution is -2.32. The van der Waals surface area contributed by atoms with Gasteiger partial charge < -0.3 is 4.90 Å². The summed E-state index contributed by atoms with van der Waals surface area (Å²) >= 11 is 3.24. The van der Waals surface area contributed by atoms with Crippen LogP contribution in [0.2, 0.25) is 0 Å². The van der Waals surface area contributed by atoms with Crippen LogP contribution >= 0.6 is 23.1 Å². The van der Waals surface area contributed by atoms with Crippen LogP contribution in [0.25, 0.3) is 0 Å². The summed E-state index contributed by atoms with van der Waals surface area (Å²) in [5.41, 5.74) is 1.17. The van der Waals surface area contributed by atoms with E-state index >= 15 is 0 Å². The number of benzene rings is 1. The maximum Gasteiger partial charge on any atom is 0.277 e. The van der Waals surface area contributed by atoms with Crippen LogP contribution in [0.15, 0.2) is 28.5 Å². The zero-order chi connectivity index (χ0) is 15.1. The van der Waals surface area contributed by atoms with E-state index in [4.69, 9.17) is 0 Å². The highest BCUT2D eigenvalue weighted by Gasteiger charge is 2.29. The number of hydrogen-bond acceptors (Lipinski definition) is 4. The molecule has 1 amide bonds. The Bertz CT molecular complexity index is 727. The van der Waals surface area contributed by atoms with Crippen LogP contribution in [0.1, 0.15) is 40.7 Å². The van der Waals surface area contributed by atoms with Gasteiger partial charge in [-0.3, -0.25) is 4.79 Å². The van der Waals surface area contributed by atoms with Crippen LogP contribution in [0.5, 0.6) is 0 Å². The molecule has 0 N–H and O–H groups in total. The Morgan fingerprint density at radius 2 is 2.23 bits per heavy atom. The standard InChI is InChI=1S/C16H15FN2OS2/c17-11-4-5-14-13(8-11)19(6-1-7-21-14)16(20)12-9-22-15(18-12)10-2-3-10/h4-5,8-10H,1-3,6-7H2. The third-order valence-electron chi connectivity index (χ3n) is 3.91. The van der Waals surface area contributed by atoms with E-state index < -0.39 is 0 Å². The second kappa shape index (κ2) is 5.66. The van der Waals surface area contributed by atoms with E-state index in [0.29, 0.717) is 23.8 Å². The maximum atomic E-state index is 13.6. The van der Waals surface area contributed by atoms with Crippen LogP contribution in [0, 0.1) is 5.82 Å². The van der Waals surface area contributed by atoms with Crippen molar-refractivity contribution < 1.29 is 9.18 Å². The molecule has 0 atom stereocenters. The van der Waals surface area contributed by atoms with Gasteiger partial charge in [-0.15, -0.1) is 23.1 Å². The Morgan fingerprint density at radius 1 is 1.36 bits per heavy atom. The molecule has 22 heavy (non-hydrogen) atoms. The number of anilines is 1. The van der Waals surface area contributed by atoms with Gasteiger partial charge in [0.05, 0.1) is 10.7 Å². The van der Waals surface area contributed by atoms with E-state index in [2.05, 4.69) is 4.98 Å². The molecule has 1 aromatic heterocycles. The molecule has 114 valence electrons. The molecule has 0 radical (unpaired) electrons. The molecule has 2 aliphatic rings. The summed E-state index contributed by atoms with van der Waals surface area (Å²) in [7, 11) is 0. The molecule has 1 saturated carbocycles. The summed E-state index contributed by atoms with van der Waals surface area (Å²) in [5, 5.41) is 2.90. The minimum absolute atomic E-state index is 0.113. The molecule has 3 nitrogen and oxygen atoms in total. The number of fused-ring (bicyclic) bond motifs is 1. The van der Waals surface area contributed by atoms with Crippen molar-refractivity contribution in [3.05, 3.63) is 40.1 Å². The number of carbonyl (C=O) groups excluding carboxylic acids is 1. The van der Waals surface area contributed by atoms with Crippen LogP contribution in [0.3, 0.4) is 0 Å². The van der Waals surface area contributed by atoms with E-state index in [9.17, 15) is 9.18 Å². The minimum Gasteiger partial charge on any atom is -0.306 e. The molecule has 0 saturated heterocycles. The van der Waals surface area contributed by atoms with Gasteiger partial charge >= 0.3 is 0 Å². The van der Waals surface area contributed by atoms with Crippen LogP contribution in [-0.4, -0.2) is 23.2 Å². The van der Waals surface area contributed by atoms with Crippen LogP contribution in [0.4, 0.5) is 10.1 Å². The van der Waals surface area contributed by atoms with Gasteiger partial charge in [-0.05, 0) is 43.2 Å². The average Bonchev–Trinajstić information content (AvgIpc) is 3.29. The number of aromatic nitrogens is 1. The lowest BCUT2D eigenvalue weighted by atomic mass is 10.2. The molecule has 0 unspecified atom stereocenters. The summed E-state index contributed by atoms with van der Waals surface area (Å²) in [5.74, 6) is 1.07. The molecule has 0 spiro atoms. The maximum absolute atomic E-state index is 13.6. The molecule has 1 aliphatic carbocycles. The molecule has 1 fully saturated rings. The molecule has 1 aliphatic heterocycles. The van der Waals surface area contributed by atoms with Crippen molar-refractivity contribution in [2.75, 3.05) is 17.2 Å². The molecule has 2 heterocycles. The van der Waals surface area contributed by atoms with Crippen LogP contribution < -0.4 is 4.90 Å². The average molecular weight is 334 g/mol. The molecule has 4 rings (SSSR count). The lowest BCUT2D eigenvalue weighted by Gasteiger charge is -2.21. The van der Waals surface area contributed by atoms with E-state index in [1.807, 2.05) is 5.38 Å². The molecule has 0 bridgehead atoms. The second-order valence-electron chi connectivity index (χ2n) is 5.62. The first-order valence-electron chi connectivity index (χ1n) is 7.42.